The van der Waals surface area contributed by atoms with Crippen LogP contribution in [0.4, 0.5) is 11.4 Å². The number of hydrogen-bond donors (Lipinski definition) is 0. The number of nitrogens with zero attached hydrogens (tertiary/aromatic N) is 3. The maximum Gasteiger partial charge on any atom is 0.269 e. The molecule has 0 unspecified atom stereocenters. The number of carbonyl (C=O) groups excluding carboxylic acids is 1. The van der Waals surface area contributed by atoms with Crippen LogP contribution < -0.4 is 4.90 Å². The van der Waals surface area contributed by atoms with Gasteiger partial charge in [0.05, 0.1) is 16.4 Å². The Morgan fingerprint density at radius 2 is 1.89 bits per heavy atom. The summed E-state index contributed by atoms with van der Waals surface area (Å²) in [6, 6.07) is 16.4. The second-order valence-corrected chi connectivity index (χ2v) is 8.92. The van der Waals surface area contributed by atoms with Crippen molar-refractivity contribution in [3.05, 3.63) is 64.0 Å². The quantitative estimate of drug-likeness (QED) is 0.601. The first-order valence-electron chi connectivity index (χ1n) is 9.48. The number of benzene rings is 2. The Kier molecular flexibility index (Phi) is 5.51. The number of thioether (sulfide) groups is 2. The van der Waals surface area contributed by atoms with Crippen molar-refractivity contribution in [3.8, 4) is 0 Å². The molecular weight excluding hydrogens is 386 g/mol. The molecule has 2 aromatic rings. The number of rotatable bonds is 4. The molecule has 1 saturated heterocycles. The lowest BCUT2D eigenvalue weighted by Gasteiger charge is -2.16. The number of carbonyl (C=O) groups is 1. The van der Waals surface area contributed by atoms with Crippen molar-refractivity contribution in [1.29, 1.82) is 0 Å². The average molecular weight is 410 g/mol. The zero-order valence-electron chi connectivity index (χ0n) is 16.3. The maximum absolute atomic E-state index is 13.3. The fraction of sp³-hybridized carbons (Fsp3) is 0.273. The smallest absolute Gasteiger partial charge is 0.269 e. The van der Waals surface area contributed by atoms with Gasteiger partial charge in [0.25, 0.3) is 5.91 Å². The monoisotopic (exact) mass is 409 g/mol. The lowest BCUT2D eigenvalue weighted by atomic mass is 10.2. The van der Waals surface area contributed by atoms with Crippen LogP contribution in [0.3, 0.4) is 0 Å². The Morgan fingerprint density at radius 1 is 1.07 bits per heavy atom. The largest absolute Gasteiger partial charge is 0.337 e. The average Bonchev–Trinajstić information content (AvgIpc) is 3.17. The number of unbranched alkanes of at least 4 members (excludes halogenated alkanes) is 1. The first kappa shape index (κ1) is 19.2. The summed E-state index contributed by atoms with van der Waals surface area (Å²) in [5, 5.41) is 1.77. The predicted octanol–water partition coefficient (Wildman–Crippen LogP) is 5.77. The van der Waals surface area contributed by atoms with Crippen molar-refractivity contribution >= 4 is 46.0 Å². The lowest BCUT2D eigenvalue weighted by Crippen LogP contribution is -2.30. The topological polar surface area (TPSA) is 35.9 Å². The van der Waals surface area contributed by atoms with E-state index in [1.165, 1.54) is 16.7 Å². The van der Waals surface area contributed by atoms with Crippen molar-refractivity contribution in [2.45, 2.75) is 31.6 Å². The second-order valence-electron chi connectivity index (χ2n) is 6.91. The van der Waals surface area contributed by atoms with Crippen molar-refractivity contribution < 1.29 is 4.79 Å². The van der Waals surface area contributed by atoms with E-state index in [1.54, 1.807) is 11.8 Å². The minimum atomic E-state index is 0.0620. The number of amides is 1. The molecule has 2 aliphatic rings. The van der Waals surface area contributed by atoms with Gasteiger partial charge >= 0.3 is 0 Å². The molecule has 4 nitrogen and oxygen atoms in total. The Balaban J connectivity index is 1.72. The first-order valence-corrected chi connectivity index (χ1v) is 11.1. The fourth-order valence-electron chi connectivity index (χ4n) is 3.24. The van der Waals surface area contributed by atoms with E-state index in [2.05, 4.69) is 36.9 Å². The van der Waals surface area contributed by atoms with Crippen molar-refractivity contribution in [1.82, 2.24) is 4.90 Å². The second kappa shape index (κ2) is 8.05. The Hall–Kier alpha value is -2.18. The third-order valence-electron chi connectivity index (χ3n) is 4.76. The van der Waals surface area contributed by atoms with Crippen LogP contribution in [0.15, 0.2) is 68.4 Å². The molecule has 0 aliphatic carbocycles. The number of para-hydroxylation sites is 1. The molecule has 1 fully saturated rings. The molecule has 6 heteroatoms. The van der Waals surface area contributed by atoms with E-state index in [0.29, 0.717) is 6.54 Å². The minimum Gasteiger partial charge on any atom is -0.337 e. The first-order chi connectivity index (χ1) is 13.6. The van der Waals surface area contributed by atoms with Crippen LogP contribution in [0.2, 0.25) is 0 Å². The number of aliphatic imine (C=N–C) groups is 1. The highest BCUT2D eigenvalue weighted by Crippen LogP contribution is 2.49. The standard InChI is InChI=1S/C22H23N3OS2/c1-4-5-13-25-20(26)19(21-24(3)17-11-6-7-12-18(17)27-21)28-22(25)23-16-10-8-9-15(2)14-16/h6-12,14H,4-5,13H2,1-3H3/b21-19-,23-22?. The molecule has 0 aromatic heterocycles. The maximum atomic E-state index is 13.3. The molecule has 0 N–H and O–H groups in total. The summed E-state index contributed by atoms with van der Waals surface area (Å²) in [5.74, 6) is 0.0620. The van der Waals surface area contributed by atoms with Crippen LogP contribution in [0, 0.1) is 6.92 Å². The Bertz CT molecular complexity index is 983. The number of amidine groups is 1. The van der Waals surface area contributed by atoms with Gasteiger partial charge in [-0.2, -0.15) is 0 Å². The fourth-order valence-corrected chi connectivity index (χ4v) is 5.61. The molecule has 0 spiro atoms. The van der Waals surface area contributed by atoms with Gasteiger partial charge in [-0.15, -0.1) is 0 Å². The van der Waals surface area contributed by atoms with Crippen molar-refractivity contribution in [3.63, 3.8) is 0 Å². The Labute approximate surface area is 174 Å². The van der Waals surface area contributed by atoms with E-state index in [1.807, 2.05) is 42.3 Å². The van der Waals surface area contributed by atoms with E-state index in [4.69, 9.17) is 4.99 Å². The van der Waals surface area contributed by atoms with Gasteiger partial charge in [0.15, 0.2) is 5.17 Å². The SMILES string of the molecule is CCCCN1C(=O)/C(=C2/Sc3ccccc3N2C)SC1=Nc1cccc(C)c1. The van der Waals surface area contributed by atoms with Gasteiger partial charge < -0.3 is 4.90 Å². The van der Waals surface area contributed by atoms with Crippen molar-refractivity contribution in [2.75, 3.05) is 18.5 Å². The highest BCUT2D eigenvalue weighted by atomic mass is 32.2. The van der Waals surface area contributed by atoms with Crippen LogP contribution in [-0.2, 0) is 4.79 Å². The predicted molar refractivity (Wildman–Crippen MR) is 120 cm³/mol. The molecule has 2 aliphatic heterocycles. The highest BCUT2D eigenvalue weighted by molar-refractivity contribution is 8.19. The Morgan fingerprint density at radius 3 is 2.64 bits per heavy atom. The number of anilines is 1. The molecule has 0 bridgehead atoms. The van der Waals surface area contributed by atoms with E-state index < -0.39 is 0 Å². The van der Waals surface area contributed by atoms with E-state index in [9.17, 15) is 4.79 Å². The molecule has 2 heterocycles. The van der Waals surface area contributed by atoms with Gasteiger partial charge in [-0.25, -0.2) is 4.99 Å². The summed E-state index contributed by atoms with van der Waals surface area (Å²) in [4.78, 5) is 24.0. The van der Waals surface area contributed by atoms with Gasteiger partial charge in [-0.3, -0.25) is 9.69 Å². The molecule has 28 heavy (non-hydrogen) atoms. The molecule has 144 valence electrons. The van der Waals surface area contributed by atoms with Gasteiger partial charge in [0.1, 0.15) is 4.91 Å². The summed E-state index contributed by atoms with van der Waals surface area (Å²) in [6.07, 6.45) is 2.00. The van der Waals surface area contributed by atoms with Crippen LogP contribution in [0.25, 0.3) is 0 Å². The summed E-state index contributed by atoms with van der Waals surface area (Å²) in [6.45, 7) is 4.90. The van der Waals surface area contributed by atoms with Gasteiger partial charge in [0.2, 0.25) is 0 Å². The molecule has 0 atom stereocenters. The highest BCUT2D eigenvalue weighted by Gasteiger charge is 2.38. The van der Waals surface area contributed by atoms with Crippen LogP contribution in [0.5, 0.6) is 0 Å². The van der Waals surface area contributed by atoms with Gasteiger partial charge in [-0.1, -0.05) is 49.4 Å². The molecule has 4 rings (SSSR count). The summed E-state index contributed by atoms with van der Waals surface area (Å²) < 4.78 is 0. The summed E-state index contributed by atoms with van der Waals surface area (Å²) in [7, 11) is 2.03. The van der Waals surface area contributed by atoms with E-state index >= 15 is 0 Å². The molecule has 2 aromatic carbocycles. The van der Waals surface area contributed by atoms with Crippen molar-refractivity contribution in [2.24, 2.45) is 4.99 Å². The summed E-state index contributed by atoms with van der Waals surface area (Å²) >= 11 is 3.16. The number of fused-ring (bicyclic) bond motifs is 1. The van der Waals surface area contributed by atoms with Crippen LogP contribution >= 0.6 is 23.5 Å². The molecular formula is C22H23N3OS2. The minimum absolute atomic E-state index is 0.0620. The van der Waals surface area contributed by atoms with Crippen LogP contribution in [0.1, 0.15) is 25.3 Å². The van der Waals surface area contributed by atoms with Gasteiger partial charge in [-0.05, 0) is 54.9 Å². The molecule has 1 amide bonds. The summed E-state index contributed by atoms with van der Waals surface area (Å²) in [5.41, 5.74) is 3.20. The van der Waals surface area contributed by atoms with Crippen LogP contribution in [-0.4, -0.2) is 29.6 Å². The number of aryl methyl sites for hydroxylation is 1. The molecule has 0 saturated carbocycles. The van der Waals surface area contributed by atoms with Gasteiger partial charge in [0, 0.05) is 18.5 Å². The number of hydrogen-bond acceptors (Lipinski definition) is 5. The normalized spacial score (nSPS) is 20.4. The zero-order valence-corrected chi connectivity index (χ0v) is 17.9. The van der Waals surface area contributed by atoms with E-state index in [-0.39, 0.29) is 5.91 Å². The van der Waals surface area contributed by atoms with E-state index in [0.717, 1.165) is 44.9 Å². The zero-order chi connectivity index (χ0) is 19.7. The third-order valence-corrected chi connectivity index (χ3v) is 7.19. The molecule has 0 radical (unpaired) electrons. The lowest BCUT2D eigenvalue weighted by molar-refractivity contribution is -0.122. The third kappa shape index (κ3) is 3.59.